The average Bonchev–Trinajstić information content (AvgIpc) is 3.31. The van der Waals surface area contributed by atoms with Gasteiger partial charge in [0.05, 0.1) is 4.90 Å². The molecule has 4 rings (SSSR count). The molecule has 2 aromatic carbocycles. The van der Waals surface area contributed by atoms with Crippen molar-refractivity contribution in [2.75, 3.05) is 11.0 Å². The van der Waals surface area contributed by atoms with Crippen LogP contribution in [-0.2, 0) is 10.0 Å². The van der Waals surface area contributed by atoms with Crippen molar-refractivity contribution >= 4 is 33.4 Å². The molecule has 28 heavy (non-hydrogen) atoms. The lowest BCUT2D eigenvalue weighted by atomic mass is 9.95. The van der Waals surface area contributed by atoms with Gasteiger partial charge in [0.1, 0.15) is 0 Å². The number of thioether (sulfide) groups is 1. The summed E-state index contributed by atoms with van der Waals surface area (Å²) in [5, 5.41) is 3.15. The number of fused-ring (bicyclic) bond motifs is 2. The highest BCUT2D eigenvalue weighted by Gasteiger charge is 2.40. The van der Waals surface area contributed by atoms with Gasteiger partial charge in [-0.2, -0.15) is 0 Å². The Morgan fingerprint density at radius 3 is 2.29 bits per heavy atom. The van der Waals surface area contributed by atoms with Crippen molar-refractivity contribution in [1.29, 1.82) is 0 Å². The quantitative estimate of drug-likeness (QED) is 0.695. The number of sulfonamides is 1. The predicted octanol–water partition coefficient (Wildman–Crippen LogP) is 4.13. The monoisotopic (exact) mass is 416 g/mol. The molecule has 2 N–H and O–H groups in total. The summed E-state index contributed by atoms with van der Waals surface area (Å²) >= 11 is 1.56. The number of hydrogen-bond donors (Lipinski definition) is 2. The van der Waals surface area contributed by atoms with E-state index in [1.165, 1.54) is 19.3 Å². The Kier molecular flexibility index (Phi) is 5.38. The Labute approximate surface area is 170 Å². The van der Waals surface area contributed by atoms with Crippen LogP contribution in [0.2, 0.25) is 0 Å². The first-order chi connectivity index (χ1) is 13.4. The Hall–Kier alpha value is -1.99. The summed E-state index contributed by atoms with van der Waals surface area (Å²) in [5.41, 5.74) is 0.987. The summed E-state index contributed by atoms with van der Waals surface area (Å²) in [6, 6.07) is 13.6. The second-order valence-electron chi connectivity index (χ2n) is 7.61. The fourth-order valence-electron chi connectivity index (χ4n) is 4.33. The molecule has 7 heteroatoms. The molecule has 148 valence electrons. The number of benzene rings is 2. The van der Waals surface area contributed by atoms with E-state index in [0.717, 1.165) is 17.2 Å². The first-order valence-corrected chi connectivity index (χ1v) is 12.2. The van der Waals surface area contributed by atoms with Gasteiger partial charge in [-0.15, -0.1) is 11.8 Å². The number of anilines is 1. The Morgan fingerprint density at radius 2 is 1.71 bits per heavy atom. The van der Waals surface area contributed by atoms with Gasteiger partial charge in [0.25, 0.3) is 15.9 Å². The molecule has 0 spiro atoms. The highest BCUT2D eigenvalue weighted by atomic mass is 32.2. The van der Waals surface area contributed by atoms with Crippen LogP contribution < -0.4 is 10.0 Å². The van der Waals surface area contributed by atoms with Crippen molar-refractivity contribution in [3.63, 3.8) is 0 Å². The SMILES string of the molecule is CSc1ccc(S(=O)(=O)Nc2ccc(C(=O)N[C@H]3C[C@H]4CC[C@@H]3C4)cc2)cc1. The molecule has 1 amide bonds. The van der Waals surface area contributed by atoms with Crippen LogP contribution >= 0.6 is 11.8 Å². The standard InChI is InChI=1S/C21H24N2O3S2/c1-27-18-8-10-19(11-9-18)28(25,26)23-17-6-4-15(5-7-17)21(24)22-20-13-14-2-3-16(20)12-14/h4-11,14,16,20,23H,2-3,12-13H2,1H3,(H,22,24)/t14-,16+,20-/m0/s1. The molecule has 3 atom stereocenters. The molecular formula is C21H24N2O3S2. The first-order valence-electron chi connectivity index (χ1n) is 9.52. The van der Waals surface area contributed by atoms with Gasteiger partial charge in [-0.05, 0) is 85.9 Å². The molecule has 0 unspecified atom stereocenters. The number of hydrogen-bond acceptors (Lipinski definition) is 4. The topological polar surface area (TPSA) is 75.3 Å². The van der Waals surface area contributed by atoms with Gasteiger partial charge in [-0.25, -0.2) is 8.42 Å². The number of carbonyl (C=O) groups excluding carboxylic acids is 1. The van der Waals surface area contributed by atoms with E-state index < -0.39 is 10.0 Å². The van der Waals surface area contributed by atoms with Crippen LogP contribution in [0.25, 0.3) is 0 Å². The van der Waals surface area contributed by atoms with Crippen molar-refractivity contribution in [2.45, 2.75) is 41.5 Å². The molecule has 0 aliphatic heterocycles. The second-order valence-corrected chi connectivity index (χ2v) is 10.2. The van der Waals surface area contributed by atoms with E-state index in [1.807, 2.05) is 6.26 Å². The summed E-state index contributed by atoms with van der Waals surface area (Å²) in [6.07, 6.45) is 6.78. The second kappa shape index (κ2) is 7.79. The van der Waals surface area contributed by atoms with Crippen molar-refractivity contribution in [3.05, 3.63) is 54.1 Å². The largest absolute Gasteiger partial charge is 0.349 e. The van der Waals surface area contributed by atoms with Crippen LogP contribution in [0.5, 0.6) is 0 Å². The third-order valence-electron chi connectivity index (χ3n) is 5.82. The molecule has 2 fully saturated rings. The summed E-state index contributed by atoms with van der Waals surface area (Å²) in [5.74, 6) is 1.31. The lowest BCUT2D eigenvalue weighted by molar-refractivity contribution is 0.0923. The molecule has 2 aromatic rings. The van der Waals surface area contributed by atoms with Crippen LogP contribution in [0, 0.1) is 11.8 Å². The van der Waals surface area contributed by atoms with Gasteiger partial charge in [-0.3, -0.25) is 9.52 Å². The Morgan fingerprint density at radius 1 is 1.00 bits per heavy atom. The van der Waals surface area contributed by atoms with Crippen molar-refractivity contribution in [1.82, 2.24) is 5.32 Å². The number of amides is 1. The number of nitrogens with one attached hydrogen (secondary N) is 2. The molecular weight excluding hydrogens is 392 g/mol. The maximum atomic E-state index is 12.5. The molecule has 0 radical (unpaired) electrons. The lowest BCUT2D eigenvalue weighted by Gasteiger charge is -2.22. The normalized spacial score (nSPS) is 23.5. The number of carbonyl (C=O) groups is 1. The van der Waals surface area contributed by atoms with E-state index >= 15 is 0 Å². The third-order valence-corrected chi connectivity index (χ3v) is 7.96. The van der Waals surface area contributed by atoms with E-state index in [1.54, 1.807) is 60.3 Å². The highest BCUT2D eigenvalue weighted by Crippen LogP contribution is 2.44. The number of rotatable bonds is 6. The van der Waals surface area contributed by atoms with E-state index in [9.17, 15) is 13.2 Å². The summed E-state index contributed by atoms with van der Waals surface area (Å²) in [6.45, 7) is 0. The molecule has 2 aliphatic carbocycles. The van der Waals surface area contributed by atoms with Crippen molar-refractivity contribution < 1.29 is 13.2 Å². The zero-order valence-electron chi connectivity index (χ0n) is 15.7. The van der Waals surface area contributed by atoms with Crippen LogP contribution in [0.4, 0.5) is 5.69 Å². The van der Waals surface area contributed by atoms with Gasteiger partial charge in [0.2, 0.25) is 0 Å². The third kappa shape index (κ3) is 4.05. The zero-order chi connectivity index (χ0) is 19.7. The van der Waals surface area contributed by atoms with Crippen LogP contribution in [-0.4, -0.2) is 26.6 Å². The van der Waals surface area contributed by atoms with Crippen molar-refractivity contribution in [2.24, 2.45) is 11.8 Å². The summed E-state index contributed by atoms with van der Waals surface area (Å²) in [4.78, 5) is 13.7. The minimum Gasteiger partial charge on any atom is -0.349 e. The smallest absolute Gasteiger partial charge is 0.261 e. The highest BCUT2D eigenvalue weighted by molar-refractivity contribution is 7.98. The fourth-order valence-corrected chi connectivity index (χ4v) is 5.80. The molecule has 0 saturated heterocycles. The lowest BCUT2D eigenvalue weighted by Crippen LogP contribution is -2.38. The minimum atomic E-state index is -3.66. The van der Waals surface area contributed by atoms with Gasteiger partial charge in [-0.1, -0.05) is 6.42 Å². The van der Waals surface area contributed by atoms with E-state index in [-0.39, 0.29) is 16.8 Å². The molecule has 2 aliphatic rings. The maximum absolute atomic E-state index is 12.5. The van der Waals surface area contributed by atoms with E-state index in [0.29, 0.717) is 17.2 Å². The predicted molar refractivity (Wildman–Crippen MR) is 112 cm³/mol. The van der Waals surface area contributed by atoms with Crippen molar-refractivity contribution in [3.8, 4) is 0 Å². The molecule has 2 bridgehead atoms. The molecule has 5 nitrogen and oxygen atoms in total. The fraction of sp³-hybridized carbons (Fsp3) is 0.381. The van der Waals surface area contributed by atoms with Crippen LogP contribution in [0.3, 0.4) is 0 Å². The Bertz CT molecular complexity index is 956. The van der Waals surface area contributed by atoms with Gasteiger partial charge in [0.15, 0.2) is 0 Å². The first kappa shape index (κ1) is 19.3. The van der Waals surface area contributed by atoms with E-state index in [4.69, 9.17) is 0 Å². The summed E-state index contributed by atoms with van der Waals surface area (Å²) in [7, 11) is -3.66. The molecule has 2 saturated carbocycles. The minimum absolute atomic E-state index is 0.0837. The van der Waals surface area contributed by atoms with E-state index in [2.05, 4.69) is 10.0 Å². The van der Waals surface area contributed by atoms with Crippen LogP contribution in [0.1, 0.15) is 36.0 Å². The summed E-state index contributed by atoms with van der Waals surface area (Å²) < 4.78 is 27.6. The Balaban J connectivity index is 1.40. The van der Waals surface area contributed by atoms with Crippen LogP contribution in [0.15, 0.2) is 58.3 Å². The molecule has 0 aromatic heterocycles. The average molecular weight is 417 g/mol. The maximum Gasteiger partial charge on any atom is 0.261 e. The van der Waals surface area contributed by atoms with Gasteiger partial charge in [0, 0.05) is 22.2 Å². The zero-order valence-corrected chi connectivity index (χ0v) is 17.4. The molecule has 0 heterocycles. The van der Waals surface area contributed by atoms with Gasteiger partial charge < -0.3 is 5.32 Å². The van der Waals surface area contributed by atoms with Gasteiger partial charge >= 0.3 is 0 Å².